The van der Waals surface area contributed by atoms with E-state index in [0.29, 0.717) is 6.42 Å². The molecule has 2 unspecified atom stereocenters. The molecule has 0 bridgehead atoms. The minimum absolute atomic E-state index is 0.00248. The largest absolute Gasteiger partial charge is 0.462 e. The van der Waals surface area contributed by atoms with Gasteiger partial charge in [-0.1, -0.05) is 20.8 Å². The molecular weight excluding hydrogens is 336 g/mol. The van der Waals surface area contributed by atoms with Crippen molar-refractivity contribution in [3.05, 3.63) is 0 Å². The standard InChI is InChI=1S/C19H34O5Si/c1-19(2,3)18(24-25(4)5)17-12-10-15(20)22-13(12)11-14(17)23-16-8-6-7-9-21-16/h12-14,16-18,25H,6-11H2,1-5H3/t12-,13-,14+,16?,17-,18?/m0/s1. The normalized spacial score (nSPS) is 37.2. The molecule has 0 radical (unpaired) electrons. The molecule has 3 rings (SSSR count). The quantitative estimate of drug-likeness (QED) is 0.549. The molecule has 0 spiro atoms. The monoisotopic (exact) mass is 370 g/mol. The molecule has 0 aromatic heterocycles. The molecule has 5 nitrogen and oxygen atoms in total. The van der Waals surface area contributed by atoms with Gasteiger partial charge in [0.25, 0.3) is 0 Å². The second kappa shape index (κ2) is 7.67. The van der Waals surface area contributed by atoms with E-state index in [9.17, 15) is 4.79 Å². The molecule has 2 aliphatic heterocycles. The zero-order valence-corrected chi connectivity index (χ0v) is 17.5. The van der Waals surface area contributed by atoms with Gasteiger partial charge < -0.3 is 18.6 Å². The summed E-state index contributed by atoms with van der Waals surface area (Å²) < 4.78 is 24.3. The van der Waals surface area contributed by atoms with Crippen molar-refractivity contribution in [2.24, 2.45) is 17.3 Å². The van der Waals surface area contributed by atoms with Crippen molar-refractivity contribution in [1.82, 2.24) is 0 Å². The smallest absolute Gasteiger partial charge is 0.306 e. The van der Waals surface area contributed by atoms with E-state index in [2.05, 4.69) is 33.9 Å². The van der Waals surface area contributed by atoms with Crippen LogP contribution in [0.1, 0.15) is 52.9 Å². The van der Waals surface area contributed by atoms with Crippen molar-refractivity contribution in [2.75, 3.05) is 6.61 Å². The Labute approximate surface area is 153 Å². The first-order valence-electron chi connectivity index (χ1n) is 9.87. The highest BCUT2D eigenvalue weighted by Gasteiger charge is 2.56. The first-order chi connectivity index (χ1) is 11.8. The van der Waals surface area contributed by atoms with Gasteiger partial charge in [-0.3, -0.25) is 4.79 Å². The lowest BCUT2D eigenvalue weighted by Gasteiger charge is -2.41. The molecule has 0 aromatic rings. The predicted octanol–water partition coefficient (Wildman–Crippen LogP) is 3.26. The van der Waals surface area contributed by atoms with Crippen LogP contribution in [0.3, 0.4) is 0 Å². The number of carbonyl (C=O) groups excluding carboxylic acids is 1. The summed E-state index contributed by atoms with van der Waals surface area (Å²) in [5.74, 6) is 0.330. The first-order valence-corrected chi connectivity index (χ1v) is 12.7. The summed E-state index contributed by atoms with van der Waals surface area (Å²) in [6.45, 7) is 11.9. The van der Waals surface area contributed by atoms with Crippen molar-refractivity contribution < 1.29 is 23.4 Å². The van der Waals surface area contributed by atoms with Crippen LogP contribution in [0.4, 0.5) is 0 Å². The Kier molecular flexibility index (Phi) is 5.93. The van der Waals surface area contributed by atoms with Gasteiger partial charge in [0.15, 0.2) is 15.3 Å². The van der Waals surface area contributed by atoms with Crippen molar-refractivity contribution in [2.45, 2.75) is 90.6 Å². The Morgan fingerprint density at radius 2 is 2.00 bits per heavy atom. The maximum Gasteiger partial charge on any atom is 0.306 e. The van der Waals surface area contributed by atoms with Gasteiger partial charge in [-0.15, -0.1) is 0 Å². The molecule has 25 heavy (non-hydrogen) atoms. The average Bonchev–Trinajstić information content (AvgIpc) is 3.00. The number of hydrogen-bond acceptors (Lipinski definition) is 5. The number of rotatable bonds is 5. The number of esters is 1. The van der Waals surface area contributed by atoms with Gasteiger partial charge in [0.1, 0.15) is 6.10 Å². The molecule has 1 aliphatic carbocycles. The Morgan fingerprint density at radius 1 is 1.24 bits per heavy atom. The highest BCUT2D eigenvalue weighted by atomic mass is 28.3. The average molecular weight is 371 g/mol. The lowest BCUT2D eigenvalue weighted by Crippen LogP contribution is -2.46. The van der Waals surface area contributed by atoms with E-state index in [1.54, 1.807) is 0 Å². The van der Waals surface area contributed by atoms with Gasteiger partial charge in [0.2, 0.25) is 0 Å². The topological polar surface area (TPSA) is 54.0 Å². The van der Waals surface area contributed by atoms with Crippen LogP contribution in [0.25, 0.3) is 0 Å². The molecule has 1 saturated carbocycles. The second-order valence-electron chi connectivity index (χ2n) is 9.15. The van der Waals surface area contributed by atoms with E-state index in [1.165, 1.54) is 0 Å². The van der Waals surface area contributed by atoms with E-state index >= 15 is 0 Å². The summed E-state index contributed by atoms with van der Waals surface area (Å²) in [4.78, 5) is 11.9. The second-order valence-corrected chi connectivity index (χ2v) is 11.5. The molecule has 3 fully saturated rings. The molecule has 0 amide bonds. The van der Waals surface area contributed by atoms with Gasteiger partial charge >= 0.3 is 5.97 Å². The fraction of sp³-hybridized carbons (Fsp3) is 0.947. The Balaban J connectivity index is 1.81. The van der Waals surface area contributed by atoms with Gasteiger partial charge in [-0.25, -0.2) is 0 Å². The minimum atomic E-state index is -1.22. The minimum Gasteiger partial charge on any atom is -0.462 e. The molecule has 6 heteroatoms. The summed E-state index contributed by atoms with van der Waals surface area (Å²) in [6.07, 6.45) is 4.48. The Hall–Kier alpha value is -0.433. The van der Waals surface area contributed by atoms with Crippen LogP contribution in [-0.4, -0.2) is 46.2 Å². The zero-order valence-electron chi connectivity index (χ0n) is 16.3. The van der Waals surface area contributed by atoms with Crippen molar-refractivity contribution in [3.63, 3.8) is 0 Å². The molecule has 6 atom stereocenters. The Bertz CT molecular complexity index is 469. The van der Waals surface area contributed by atoms with Gasteiger partial charge in [0, 0.05) is 24.9 Å². The molecule has 144 valence electrons. The van der Waals surface area contributed by atoms with Gasteiger partial charge in [-0.2, -0.15) is 0 Å². The van der Waals surface area contributed by atoms with Crippen molar-refractivity contribution >= 4 is 15.0 Å². The third-order valence-electron chi connectivity index (χ3n) is 5.64. The van der Waals surface area contributed by atoms with Crippen LogP contribution in [0, 0.1) is 17.3 Å². The van der Waals surface area contributed by atoms with Crippen LogP contribution in [0.5, 0.6) is 0 Å². The van der Waals surface area contributed by atoms with Crippen molar-refractivity contribution in [1.29, 1.82) is 0 Å². The third-order valence-corrected chi connectivity index (χ3v) is 6.47. The van der Waals surface area contributed by atoms with Crippen LogP contribution in [0.15, 0.2) is 0 Å². The van der Waals surface area contributed by atoms with E-state index in [1.807, 2.05) is 0 Å². The van der Waals surface area contributed by atoms with Crippen LogP contribution in [-0.2, 0) is 23.4 Å². The molecule has 0 N–H and O–H groups in total. The zero-order chi connectivity index (χ0) is 18.2. The lowest BCUT2D eigenvalue weighted by molar-refractivity contribution is -0.206. The highest BCUT2D eigenvalue weighted by molar-refractivity contribution is 6.48. The fourth-order valence-electron chi connectivity index (χ4n) is 4.64. The number of carbonyl (C=O) groups is 1. The van der Waals surface area contributed by atoms with Crippen LogP contribution < -0.4 is 0 Å². The van der Waals surface area contributed by atoms with Crippen molar-refractivity contribution in [3.8, 4) is 0 Å². The molecule has 3 aliphatic rings. The fourth-order valence-corrected chi connectivity index (χ4v) is 5.82. The number of ether oxygens (including phenoxy) is 3. The molecular formula is C19H34O5Si. The molecule has 2 saturated heterocycles. The summed E-state index contributed by atoms with van der Waals surface area (Å²) >= 11 is 0. The highest BCUT2D eigenvalue weighted by Crippen LogP contribution is 2.49. The maximum atomic E-state index is 11.9. The molecule has 2 heterocycles. The van der Waals surface area contributed by atoms with Gasteiger partial charge in [0.05, 0.1) is 18.6 Å². The Morgan fingerprint density at radius 3 is 2.60 bits per heavy atom. The third kappa shape index (κ3) is 4.46. The summed E-state index contributed by atoms with van der Waals surface area (Å²) in [7, 11) is -1.22. The summed E-state index contributed by atoms with van der Waals surface area (Å²) in [6, 6.07) is 0. The van der Waals surface area contributed by atoms with E-state index in [4.69, 9.17) is 18.6 Å². The van der Waals surface area contributed by atoms with E-state index in [0.717, 1.165) is 32.3 Å². The summed E-state index contributed by atoms with van der Waals surface area (Å²) in [5, 5.41) is 0. The van der Waals surface area contributed by atoms with E-state index in [-0.39, 0.29) is 47.8 Å². The van der Waals surface area contributed by atoms with Crippen LogP contribution >= 0.6 is 0 Å². The number of fused-ring (bicyclic) bond motifs is 1. The van der Waals surface area contributed by atoms with Gasteiger partial charge in [-0.05, 0) is 37.8 Å². The lowest BCUT2D eigenvalue weighted by atomic mass is 9.75. The van der Waals surface area contributed by atoms with Crippen LogP contribution in [0.2, 0.25) is 13.1 Å². The first kappa shape index (κ1) is 19.3. The number of hydrogen-bond donors (Lipinski definition) is 0. The maximum absolute atomic E-state index is 11.9. The summed E-state index contributed by atoms with van der Waals surface area (Å²) in [5.41, 5.74) is -0.00248. The SMILES string of the molecule is C[SiH](C)OC([C@H]1[C@H]2CC(=O)O[C@H]2C[C@H]1OC1CCCCO1)C(C)(C)C. The predicted molar refractivity (Wildman–Crippen MR) is 97.8 cm³/mol. The van der Waals surface area contributed by atoms with E-state index < -0.39 is 9.04 Å². The molecule has 0 aromatic carbocycles.